The van der Waals surface area contributed by atoms with Crippen LogP contribution in [0.1, 0.15) is 12.3 Å². The van der Waals surface area contributed by atoms with Crippen molar-refractivity contribution in [1.82, 2.24) is 14.9 Å². The average Bonchev–Trinajstić information content (AvgIpc) is 2.92. The van der Waals surface area contributed by atoms with Crippen LogP contribution in [0, 0.1) is 0 Å². The Morgan fingerprint density at radius 1 is 1.21 bits per heavy atom. The van der Waals surface area contributed by atoms with Crippen molar-refractivity contribution in [3.8, 4) is 23.0 Å². The van der Waals surface area contributed by atoms with Gasteiger partial charge in [0.05, 0.1) is 32.1 Å². The van der Waals surface area contributed by atoms with E-state index in [0.29, 0.717) is 0 Å². The van der Waals surface area contributed by atoms with Crippen molar-refractivity contribution < 1.29 is 38.9 Å². The van der Waals surface area contributed by atoms with Crippen LogP contribution in [0.2, 0.25) is 2.82 Å². The number of anilines is 2. The van der Waals surface area contributed by atoms with E-state index in [9.17, 15) is 4.79 Å². The molecule has 0 aliphatic carbocycles. The molecule has 1 atom stereocenters. The van der Waals surface area contributed by atoms with Crippen LogP contribution >= 0.6 is 0 Å². The molecule has 1 saturated heterocycles. The molecule has 10 heteroatoms. The van der Waals surface area contributed by atoms with E-state index in [1.807, 2.05) is 0 Å². The van der Waals surface area contributed by atoms with Crippen LogP contribution in [0.15, 0.2) is 36.4 Å². The van der Waals surface area contributed by atoms with Gasteiger partial charge in [-0.05, 0) is 18.2 Å². The molecule has 1 aromatic heterocycles. The van der Waals surface area contributed by atoms with Crippen molar-refractivity contribution in [2.24, 2.45) is 0 Å². The Bertz CT molecular complexity index is 1650. The average molecular weight is 463 g/mol. The molecule has 33 heavy (non-hydrogen) atoms. The number of fused-ring (bicyclic) bond motifs is 2. The lowest BCUT2D eigenvalue weighted by molar-refractivity contribution is -0.141. The van der Waals surface area contributed by atoms with Crippen molar-refractivity contribution in [2.45, 2.75) is 6.08 Å². The number of hydrogen-bond donors (Lipinski definition) is 1. The summed E-state index contributed by atoms with van der Waals surface area (Å²) in [4.78, 5) is 23.1. The maximum absolute atomic E-state index is 13.7. The van der Waals surface area contributed by atoms with E-state index in [-0.39, 0.29) is 44.5 Å². The molecule has 0 spiro atoms. The predicted octanol–water partition coefficient (Wildman–Crippen LogP) is 1.72. The van der Waals surface area contributed by atoms with Crippen LogP contribution < -0.4 is 29.6 Å². The largest absolute Gasteiger partial charge is 0.493 e. The zero-order chi connectivity index (χ0) is 32.6. The zero-order valence-corrected chi connectivity index (χ0v) is 17.5. The molecule has 1 unspecified atom stereocenters. The fourth-order valence-corrected chi connectivity index (χ4v) is 3.16. The Balaban J connectivity index is 1.58. The third kappa shape index (κ3) is 3.88. The third-order valence-corrected chi connectivity index (χ3v) is 4.80. The summed E-state index contributed by atoms with van der Waals surface area (Å²) in [6, 6.07) is 4.85. The number of amides is 1. The number of methoxy groups -OCH3 is 2. The highest BCUT2D eigenvalue weighted by Crippen LogP contribution is 2.34. The van der Waals surface area contributed by atoms with Gasteiger partial charge in [-0.3, -0.25) is 4.79 Å². The van der Waals surface area contributed by atoms with E-state index < -0.39 is 68.5 Å². The number of benzene rings is 2. The van der Waals surface area contributed by atoms with Gasteiger partial charge in [0.1, 0.15) is 12.4 Å². The van der Waals surface area contributed by atoms with Gasteiger partial charge in [0.15, 0.2) is 25.8 Å². The van der Waals surface area contributed by atoms with Crippen molar-refractivity contribution >= 4 is 28.6 Å². The van der Waals surface area contributed by atoms with Gasteiger partial charge >= 0.3 is 0 Å². The maximum atomic E-state index is 13.7. The lowest BCUT2D eigenvalue weighted by atomic mass is 10.2. The summed E-state index contributed by atoms with van der Waals surface area (Å²) in [6.07, 6.45) is -3.26. The van der Waals surface area contributed by atoms with Crippen LogP contribution in [0.5, 0.6) is 23.0 Å². The molecule has 10 nitrogen and oxygen atoms in total. The zero-order valence-electron chi connectivity index (χ0n) is 28.5. The number of ether oxygens (including phenoxy) is 4. The molecule has 0 saturated carbocycles. The molecule has 0 bridgehead atoms. The number of nitrogens with two attached hydrogens (primary N) is 1. The van der Waals surface area contributed by atoms with Crippen LogP contribution in [0.3, 0.4) is 0 Å². The molecular weight excluding hydrogens is 426 g/mol. The van der Waals surface area contributed by atoms with E-state index in [4.69, 9.17) is 34.1 Å². The Hall–Kier alpha value is -3.95. The first-order chi connectivity index (χ1) is 20.4. The van der Waals surface area contributed by atoms with E-state index in [2.05, 4.69) is 9.97 Å². The Morgan fingerprint density at radius 2 is 1.94 bits per heavy atom. The monoisotopic (exact) mass is 462 g/mol. The van der Waals surface area contributed by atoms with Gasteiger partial charge in [-0.25, -0.2) is 4.98 Å². The van der Waals surface area contributed by atoms with E-state index in [1.54, 1.807) is 0 Å². The number of rotatable bonds is 5. The highest BCUT2D eigenvalue weighted by molar-refractivity contribution is 5.91. The Labute approximate surface area is 206 Å². The molecule has 2 aliphatic heterocycles. The van der Waals surface area contributed by atoms with Gasteiger partial charge in [0, 0.05) is 37.5 Å². The first-order valence-electron chi connectivity index (χ1n) is 15.1. The molecule has 2 N–H and O–H groups in total. The second kappa shape index (κ2) is 8.53. The quantitative estimate of drug-likeness (QED) is 0.605. The molecule has 0 radical (unpaired) electrons. The topological polar surface area (TPSA) is 112 Å². The summed E-state index contributed by atoms with van der Waals surface area (Å²) in [6.45, 7) is -10.7. The second-order valence-electron chi connectivity index (χ2n) is 6.78. The fourth-order valence-electron chi connectivity index (χ4n) is 3.16. The third-order valence-electron chi connectivity index (χ3n) is 4.80. The Morgan fingerprint density at radius 3 is 2.67 bits per heavy atom. The van der Waals surface area contributed by atoms with E-state index in [0.717, 1.165) is 4.90 Å². The second-order valence-corrected chi connectivity index (χ2v) is 6.78. The summed E-state index contributed by atoms with van der Waals surface area (Å²) in [5.41, 5.74) is -0.231. The van der Waals surface area contributed by atoms with Crippen LogP contribution in [-0.2, 0) is 4.79 Å². The van der Waals surface area contributed by atoms with Gasteiger partial charge in [0.25, 0.3) is 5.91 Å². The highest BCUT2D eigenvalue weighted by Gasteiger charge is 2.33. The summed E-state index contributed by atoms with van der Waals surface area (Å²) in [7, 11) is 2.46. The van der Waals surface area contributed by atoms with E-state index in [1.165, 1.54) is 38.5 Å². The Kier molecular flexibility index (Phi) is 3.05. The number of nitrogens with zero attached hydrogens (tertiary/aromatic N) is 4. The molecule has 3 aromatic rings. The minimum absolute atomic E-state index is 0.0458. The first-order valence-corrected chi connectivity index (χ1v) is 9.67. The summed E-state index contributed by atoms with van der Waals surface area (Å²) in [5, 5.41) is -0.227. The number of piperazine rings is 1. The number of aromatic nitrogens is 2. The normalized spacial score (nSPS) is 29.2. The first kappa shape index (κ1) is 11.8. The minimum atomic E-state index is -3.26. The van der Waals surface area contributed by atoms with Gasteiger partial charge in [-0.1, -0.05) is 12.1 Å². The van der Waals surface area contributed by atoms with Gasteiger partial charge in [-0.15, -0.1) is 0 Å². The lowest BCUT2D eigenvalue weighted by Crippen LogP contribution is -2.54. The molecule has 3 heterocycles. The molecule has 5 rings (SSSR count). The minimum Gasteiger partial charge on any atom is -0.493 e. The van der Waals surface area contributed by atoms with Crippen molar-refractivity contribution in [1.29, 1.82) is 0 Å². The van der Waals surface area contributed by atoms with Crippen molar-refractivity contribution in [3.05, 3.63) is 36.4 Å². The summed E-state index contributed by atoms with van der Waals surface area (Å²) in [5.74, 6) is -3.29. The van der Waals surface area contributed by atoms with Gasteiger partial charge in [0.2, 0.25) is 12.0 Å². The van der Waals surface area contributed by atoms with Crippen molar-refractivity contribution in [3.63, 3.8) is 0 Å². The van der Waals surface area contributed by atoms with Gasteiger partial charge < -0.3 is 34.5 Å². The van der Waals surface area contributed by atoms with E-state index >= 15 is 0 Å². The fraction of sp³-hybridized carbons (Fsp3) is 0.348. The number of carbonyl (C=O) groups is 1. The van der Waals surface area contributed by atoms with Crippen LogP contribution in [0.4, 0.5) is 11.8 Å². The van der Waals surface area contributed by atoms with Gasteiger partial charge in [-0.2, -0.15) is 4.98 Å². The maximum Gasteiger partial charge on any atom is 0.267 e. The van der Waals surface area contributed by atoms with Crippen LogP contribution in [-0.4, -0.2) is 73.7 Å². The predicted molar refractivity (Wildman–Crippen MR) is 122 cm³/mol. The highest BCUT2D eigenvalue weighted by atomic mass is 16.6. The number of para-hydroxylation sites is 2. The van der Waals surface area contributed by atoms with Crippen molar-refractivity contribution in [2.75, 3.05) is 57.5 Å². The molecule has 2 aliphatic rings. The van der Waals surface area contributed by atoms with Crippen LogP contribution in [0.25, 0.3) is 10.9 Å². The lowest BCUT2D eigenvalue weighted by Gasteiger charge is -2.37. The SMILES string of the molecule is [2H]c1c(OC)c(OC)c([2H])c2c(N([2H])[2H])nc(N3CC([2H])([2H])N(C(=O)C4([2H])Oc5ccccc5OC4([2H])[2H])C([2H])([2H])C3)nc12. The number of carbonyl (C=O) groups excluding carboxylic acids is 1. The summed E-state index contributed by atoms with van der Waals surface area (Å²) < 4.78 is 114. The molecule has 2 aromatic carbocycles. The molecule has 172 valence electrons. The number of nitrogen functional groups attached to an aromatic ring is 1. The smallest absolute Gasteiger partial charge is 0.267 e. The number of hydrogen-bond acceptors (Lipinski definition) is 9. The molecule has 1 amide bonds. The molecular formula is C23H25N5O5. The molecule has 1 fully saturated rings. The summed E-state index contributed by atoms with van der Waals surface area (Å²) >= 11 is 0. The standard InChI is InChI=1S/C23H25N5O5/c1-30-18-11-14-15(12-19(18)31-2)25-23(26-21(14)24)28-9-7-27(8-10-28)22(29)20-13-32-16-5-3-4-6-17(16)33-20/h3-6,11-12,20H,7-10,13H2,1-2H3,(H2,24,25,26)/i7D2,8D2,11D,12D,13D2,20D/hD2.